The predicted molar refractivity (Wildman–Crippen MR) is 83.0 cm³/mol. The van der Waals surface area contributed by atoms with Crippen molar-refractivity contribution >= 4 is 0 Å². The molecular formula is C17H26N2O2. The topological polar surface area (TPSA) is 70.5 Å². The van der Waals surface area contributed by atoms with Gasteiger partial charge in [0.15, 0.2) is 0 Å². The summed E-state index contributed by atoms with van der Waals surface area (Å²) < 4.78 is 11.8. The van der Waals surface area contributed by atoms with Crippen LogP contribution >= 0.6 is 0 Å². The van der Waals surface area contributed by atoms with Gasteiger partial charge in [0.05, 0.1) is 13.2 Å². The molecule has 3 rings (SSSR count). The van der Waals surface area contributed by atoms with Crippen molar-refractivity contribution in [2.75, 3.05) is 19.8 Å². The maximum absolute atomic E-state index is 6.03. The van der Waals surface area contributed by atoms with Gasteiger partial charge < -0.3 is 20.9 Å². The molecule has 0 amide bonds. The number of ether oxygens (including phenoxy) is 2. The fraction of sp³-hybridized carbons (Fsp3) is 0.647. The summed E-state index contributed by atoms with van der Waals surface area (Å²) in [4.78, 5) is 0. The van der Waals surface area contributed by atoms with Crippen molar-refractivity contribution in [2.24, 2.45) is 23.3 Å². The van der Waals surface area contributed by atoms with Crippen LogP contribution in [-0.2, 0) is 11.3 Å². The molecule has 116 valence electrons. The molecule has 0 bridgehead atoms. The van der Waals surface area contributed by atoms with E-state index < -0.39 is 0 Å². The third-order valence-electron chi connectivity index (χ3n) is 4.25. The molecule has 1 atom stereocenters. The molecule has 0 heterocycles. The molecule has 0 spiro atoms. The predicted octanol–water partition coefficient (Wildman–Crippen LogP) is 2.36. The van der Waals surface area contributed by atoms with Gasteiger partial charge in [-0.2, -0.15) is 0 Å². The van der Waals surface area contributed by atoms with Crippen LogP contribution in [0.15, 0.2) is 18.2 Å². The molecule has 1 aromatic carbocycles. The second kappa shape index (κ2) is 6.77. The zero-order valence-corrected chi connectivity index (χ0v) is 12.6. The molecule has 21 heavy (non-hydrogen) atoms. The van der Waals surface area contributed by atoms with Crippen LogP contribution < -0.4 is 16.2 Å². The number of benzene rings is 1. The van der Waals surface area contributed by atoms with Gasteiger partial charge in [-0.05, 0) is 55.2 Å². The van der Waals surface area contributed by atoms with E-state index in [-0.39, 0.29) is 6.04 Å². The average molecular weight is 290 g/mol. The Morgan fingerprint density at radius 2 is 1.81 bits per heavy atom. The molecule has 4 heteroatoms. The fourth-order valence-electron chi connectivity index (χ4n) is 2.33. The van der Waals surface area contributed by atoms with E-state index in [0.29, 0.717) is 13.2 Å². The Labute approximate surface area is 126 Å². The van der Waals surface area contributed by atoms with Gasteiger partial charge in [-0.1, -0.05) is 6.07 Å². The third-order valence-corrected chi connectivity index (χ3v) is 4.25. The van der Waals surface area contributed by atoms with Crippen LogP contribution in [0.4, 0.5) is 0 Å². The third kappa shape index (κ3) is 4.43. The number of nitrogens with two attached hydrogens (primary N) is 2. The van der Waals surface area contributed by atoms with Gasteiger partial charge in [-0.25, -0.2) is 0 Å². The number of hydrogen-bond acceptors (Lipinski definition) is 4. The van der Waals surface area contributed by atoms with E-state index in [0.717, 1.165) is 41.9 Å². The summed E-state index contributed by atoms with van der Waals surface area (Å²) in [5, 5.41) is 0. The monoisotopic (exact) mass is 290 g/mol. The quantitative estimate of drug-likeness (QED) is 0.732. The molecule has 1 unspecified atom stereocenters. The molecule has 2 aliphatic carbocycles. The summed E-state index contributed by atoms with van der Waals surface area (Å²) in [5.41, 5.74) is 13.8. The number of rotatable bonds is 9. The van der Waals surface area contributed by atoms with Gasteiger partial charge in [0.1, 0.15) is 5.75 Å². The van der Waals surface area contributed by atoms with Crippen molar-refractivity contribution in [1.82, 2.24) is 0 Å². The summed E-state index contributed by atoms with van der Waals surface area (Å²) >= 11 is 0. The largest absolute Gasteiger partial charge is 0.493 e. The van der Waals surface area contributed by atoms with Crippen LogP contribution in [0, 0.1) is 11.8 Å². The number of hydrogen-bond donors (Lipinski definition) is 2. The Morgan fingerprint density at radius 1 is 1.10 bits per heavy atom. The van der Waals surface area contributed by atoms with Crippen molar-refractivity contribution in [3.8, 4) is 5.75 Å². The van der Waals surface area contributed by atoms with E-state index >= 15 is 0 Å². The van der Waals surface area contributed by atoms with Crippen LogP contribution in [0.5, 0.6) is 5.75 Å². The van der Waals surface area contributed by atoms with Crippen molar-refractivity contribution in [2.45, 2.75) is 38.3 Å². The lowest BCUT2D eigenvalue weighted by molar-refractivity contribution is 0.108. The lowest BCUT2D eigenvalue weighted by atomic mass is 10.0. The summed E-state index contributed by atoms with van der Waals surface area (Å²) in [6.07, 6.45) is 5.21. The van der Waals surface area contributed by atoms with Gasteiger partial charge in [0.2, 0.25) is 0 Å². The first-order valence-corrected chi connectivity index (χ1v) is 8.05. The standard InChI is InChI=1S/C17H26N2O2/c18-8-16(19)14-5-6-17(21-10-13-3-4-13)15(7-14)11-20-9-12-1-2-12/h5-7,12-13,16H,1-4,8-11,18-19H2. The molecule has 4 nitrogen and oxygen atoms in total. The minimum Gasteiger partial charge on any atom is -0.493 e. The lowest BCUT2D eigenvalue weighted by Gasteiger charge is -2.16. The summed E-state index contributed by atoms with van der Waals surface area (Å²) in [7, 11) is 0. The highest BCUT2D eigenvalue weighted by atomic mass is 16.5. The second-order valence-corrected chi connectivity index (χ2v) is 6.42. The Hall–Kier alpha value is -1.10. The maximum atomic E-state index is 6.03. The first kappa shape index (κ1) is 14.8. The van der Waals surface area contributed by atoms with Gasteiger partial charge in [0.25, 0.3) is 0 Å². The van der Waals surface area contributed by atoms with Crippen LogP contribution in [0.3, 0.4) is 0 Å². The SMILES string of the molecule is NCC(N)c1ccc(OCC2CC2)c(COCC2CC2)c1. The van der Waals surface area contributed by atoms with E-state index in [1.807, 2.05) is 12.1 Å². The smallest absolute Gasteiger partial charge is 0.124 e. The van der Waals surface area contributed by atoms with Gasteiger partial charge in [0, 0.05) is 24.8 Å². The zero-order valence-electron chi connectivity index (χ0n) is 12.6. The van der Waals surface area contributed by atoms with E-state index in [2.05, 4.69) is 6.07 Å². The molecule has 0 radical (unpaired) electrons. The minimum atomic E-state index is -0.121. The molecular weight excluding hydrogens is 264 g/mol. The summed E-state index contributed by atoms with van der Waals surface area (Å²) in [6.45, 7) is 2.72. The Kier molecular flexibility index (Phi) is 4.78. The van der Waals surface area contributed by atoms with Crippen molar-refractivity contribution in [3.63, 3.8) is 0 Å². The molecule has 0 aliphatic heterocycles. The maximum Gasteiger partial charge on any atom is 0.124 e. The van der Waals surface area contributed by atoms with Crippen LogP contribution in [0.25, 0.3) is 0 Å². The van der Waals surface area contributed by atoms with Gasteiger partial charge in [-0.15, -0.1) is 0 Å². The molecule has 2 saturated carbocycles. The zero-order chi connectivity index (χ0) is 14.7. The fourth-order valence-corrected chi connectivity index (χ4v) is 2.33. The molecule has 0 saturated heterocycles. The van der Waals surface area contributed by atoms with Gasteiger partial charge >= 0.3 is 0 Å². The van der Waals surface area contributed by atoms with Gasteiger partial charge in [-0.3, -0.25) is 0 Å². The van der Waals surface area contributed by atoms with Crippen LogP contribution in [0.2, 0.25) is 0 Å². The summed E-state index contributed by atoms with van der Waals surface area (Å²) in [5.74, 6) is 2.46. The highest BCUT2D eigenvalue weighted by Crippen LogP contribution is 2.32. The molecule has 2 aliphatic rings. The van der Waals surface area contributed by atoms with Crippen molar-refractivity contribution in [3.05, 3.63) is 29.3 Å². The molecule has 2 fully saturated rings. The van der Waals surface area contributed by atoms with E-state index in [1.54, 1.807) is 0 Å². The minimum absolute atomic E-state index is 0.121. The van der Waals surface area contributed by atoms with Crippen molar-refractivity contribution < 1.29 is 9.47 Å². The first-order chi connectivity index (χ1) is 10.3. The Bertz CT molecular complexity index is 470. The van der Waals surface area contributed by atoms with E-state index in [1.165, 1.54) is 25.7 Å². The van der Waals surface area contributed by atoms with E-state index in [9.17, 15) is 0 Å². The first-order valence-electron chi connectivity index (χ1n) is 8.05. The molecule has 1 aromatic rings. The summed E-state index contributed by atoms with van der Waals surface area (Å²) in [6, 6.07) is 6.00. The van der Waals surface area contributed by atoms with Crippen LogP contribution in [-0.4, -0.2) is 19.8 Å². The van der Waals surface area contributed by atoms with Crippen molar-refractivity contribution in [1.29, 1.82) is 0 Å². The highest BCUT2D eigenvalue weighted by Gasteiger charge is 2.23. The average Bonchev–Trinajstić information content (AvgIpc) is 3.38. The molecule has 0 aromatic heterocycles. The lowest BCUT2D eigenvalue weighted by Crippen LogP contribution is -2.21. The van der Waals surface area contributed by atoms with E-state index in [4.69, 9.17) is 20.9 Å². The second-order valence-electron chi connectivity index (χ2n) is 6.42. The normalized spacial score (nSPS) is 19.5. The molecule has 4 N–H and O–H groups in total. The Morgan fingerprint density at radius 3 is 2.48 bits per heavy atom. The Balaban J connectivity index is 1.65. The highest BCUT2D eigenvalue weighted by molar-refractivity contribution is 5.38. The van der Waals surface area contributed by atoms with Crippen LogP contribution in [0.1, 0.15) is 42.9 Å².